The van der Waals surface area contributed by atoms with Gasteiger partial charge in [-0.05, 0) is 24.3 Å². The maximum absolute atomic E-state index is 13.1. The summed E-state index contributed by atoms with van der Waals surface area (Å²) in [5.74, 6) is -2.41. The second-order valence-electron chi connectivity index (χ2n) is 3.89. The topological polar surface area (TPSA) is 61.5 Å². The molecule has 0 saturated heterocycles. The summed E-state index contributed by atoms with van der Waals surface area (Å²) in [6, 6.07) is 7.59. The Morgan fingerprint density at radius 3 is 2.55 bits per heavy atom. The number of anilines is 1. The van der Waals surface area contributed by atoms with E-state index in [1.54, 1.807) is 0 Å². The first-order valence-corrected chi connectivity index (χ1v) is 5.62. The van der Waals surface area contributed by atoms with Gasteiger partial charge in [-0.25, -0.2) is 13.6 Å². The van der Waals surface area contributed by atoms with Gasteiger partial charge in [-0.15, -0.1) is 0 Å². The number of methoxy groups -OCH3 is 1. The minimum atomic E-state index is -1.04. The van der Waals surface area contributed by atoms with Crippen LogP contribution in [0.15, 0.2) is 36.4 Å². The highest BCUT2D eigenvalue weighted by Crippen LogP contribution is 2.30. The van der Waals surface area contributed by atoms with E-state index in [1.807, 2.05) is 0 Å². The lowest BCUT2D eigenvalue weighted by Crippen LogP contribution is -2.06. The monoisotopic (exact) mass is 279 g/mol. The highest BCUT2D eigenvalue weighted by Gasteiger charge is 2.14. The van der Waals surface area contributed by atoms with E-state index in [1.165, 1.54) is 31.4 Å². The standard InChI is InChI=1S/C14H11F2NO3/c1-19-14(18)9-3-2-4-12(13(9)17)20-8-5-6-10(15)11(16)7-8/h2-7H,17H2,1H3. The van der Waals surface area contributed by atoms with E-state index in [9.17, 15) is 13.6 Å². The lowest BCUT2D eigenvalue weighted by Gasteiger charge is -2.11. The fraction of sp³-hybridized carbons (Fsp3) is 0.0714. The second kappa shape index (κ2) is 5.56. The van der Waals surface area contributed by atoms with Gasteiger partial charge in [0.2, 0.25) is 0 Å². The summed E-state index contributed by atoms with van der Waals surface area (Å²) < 4.78 is 35.8. The molecule has 0 aromatic heterocycles. The van der Waals surface area contributed by atoms with Crippen molar-refractivity contribution in [2.24, 2.45) is 0 Å². The molecule has 0 bridgehead atoms. The molecule has 0 atom stereocenters. The average Bonchev–Trinajstić information content (AvgIpc) is 2.44. The molecule has 104 valence electrons. The van der Waals surface area contributed by atoms with Gasteiger partial charge in [-0.1, -0.05) is 6.07 Å². The van der Waals surface area contributed by atoms with Gasteiger partial charge >= 0.3 is 5.97 Å². The van der Waals surface area contributed by atoms with Crippen molar-refractivity contribution in [2.75, 3.05) is 12.8 Å². The Morgan fingerprint density at radius 1 is 1.15 bits per heavy atom. The average molecular weight is 279 g/mol. The molecule has 6 heteroatoms. The minimum absolute atomic E-state index is 0.0593. The first kappa shape index (κ1) is 13.8. The number of halogens is 2. The van der Waals surface area contributed by atoms with Gasteiger partial charge in [-0.2, -0.15) is 0 Å². The molecule has 0 amide bonds. The zero-order chi connectivity index (χ0) is 14.7. The number of hydrogen-bond acceptors (Lipinski definition) is 4. The van der Waals surface area contributed by atoms with Crippen LogP contribution in [0.3, 0.4) is 0 Å². The predicted molar refractivity (Wildman–Crippen MR) is 68.6 cm³/mol. The number of nitrogen functional groups attached to an aromatic ring is 1. The lowest BCUT2D eigenvalue weighted by molar-refractivity contribution is 0.0601. The SMILES string of the molecule is COC(=O)c1cccc(Oc2ccc(F)c(F)c2)c1N. The van der Waals surface area contributed by atoms with Crippen LogP contribution in [0.4, 0.5) is 14.5 Å². The predicted octanol–water partition coefficient (Wildman–Crippen LogP) is 3.13. The molecular formula is C14H11F2NO3. The molecule has 2 N–H and O–H groups in total. The zero-order valence-electron chi connectivity index (χ0n) is 10.5. The van der Waals surface area contributed by atoms with E-state index in [0.29, 0.717) is 0 Å². The van der Waals surface area contributed by atoms with Gasteiger partial charge in [0.1, 0.15) is 5.75 Å². The highest BCUT2D eigenvalue weighted by molar-refractivity contribution is 5.96. The van der Waals surface area contributed by atoms with Crippen LogP contribution >= 0.6 is 0 Å². The number of para-hydroxylation sites is 1. The fourth-order valence-corrected chi connectivity index (χ4v) is 1.59. The van der Waals surface area contributed by atoms with Crippen molar-refractivity contribution < 1.29 is 23.0 Å². The van der Waals surface area contributed by atoms with Crippen LogP contribution in [-0.2, 0) is 4.74 Å². The number of ether oxygens (including phenoxy) is 2. The quantitative estimate of drug-likeness (QED) is 0.692. The molecule has 2 aromatic rings. The number of carbonyl (C=O) groups is 1. The fourth-order valence-electron chi connectivity index (χ4n) is 1.59. The summed E-state index contributed by atoms with van der Waals surface area (Å²) in [6.45, 7) is 0. The lowest BCUT2D eigenvalue weighted by atomic mass is 10.1. The summed E-state index contributed by atoms with van der Waals surface area (Å²) in [7, 11) is 1.23. The number of hydrogen-bond donors (Lipinski definition) is 1. The first-order valence-electron chi connectivity index (χ1n) is 5.62. The molecule has 4 nitrogen and oxygen atoms in total. The molecule has 20 heavy (non-hydrogen) atoms. The Morgan fingerprint density at radius 2 is 1.90 bits per heavy atom. The maximum atomic E-state index is 13.1. The summed E-state index contributed by atoms with van der Waals surface area (Å²) in [5, 5.41) is 0. The van der Waals surface area contributed by atoms with E-state index in [4.69, 9.17) is 10.5 Å². The van der Waals surface area contributed by atoms with Crippen molar-refractivity contribution in [3.05, 3.63) is 53.6 Å². The molecule has 0 heterocycles. The second-order valence-corrected chi connectivity index (χ2v) is 3.89. The Kier molecular flexibility index (Phi) is 3.84. The van der Waals surface area contributed by atoms with Gasteiger partial charge in [0.25, 0.3) is 0 Å². The van der Waals surface area contributed by atoms with E-state index in [0.717, 1.165) is 12.1 Å². The van der Waals surface area contributed by atoms with Crippen molar-refractivity contribution in [2.45, 2.75) is 0 Å². The number of rotatable bonds is 3. The Labute approximate surface area is 113 Å². The summed E-state index contributed by atoms with van der Waals surface area (Å²) in [6.07, 6.45) is 0. The van der Waals surface area contributed by atoms with Crippen molar-refractivity contribution in [1.82, 2.24) is 0 Å². The molecule has 2 rings (SSSR count). The molecular weight excluding hydrogens is 268 g/mol. The number of benzene rings is 2. The van der Waals surface area contributed by atoms with Crippen LogP contribution in [0, 0.1) is 11.6 Å². The van der Waals surface area contributed by atoms with Crippen molar-refractivity contribution in [3.8, 4) is 11.5 Å². The highest BCUT2D eigenvalue weighted by atomic mass is 19.2. The van der Waals surface area contributed by atoms with E-state index < -0.39 is 17.6 Å². The summed E-state index contributed by atoms with van der Waals surface area (Å²) in [4.78, 5) is 11.5. The Hall–Kier alpha value is -2.63. The third-order valence-corrected chi connectivity index (χ3v) is 2.59. The Bertz CT molecular complexity index is 659. The van der Waals surface area contributed by atoms with Gasteiger partial charge in [0.05, 0.1) is 18.4 Å². The maximum Gasteiger partial charge on any atom is 0.340 e. The first-order chi connectivity index (χ1) is 9.52. The minimum Gasteiger partial charge on any atom is -0.465 e. The molecule has 0 radical (unpaired) electrons. The summed E-state index contributed by atoms with van der Waals surface area (Å²) in [5.41, 5.74) is 5.97. The smallest absolute Gasteiger partial charge is 0.340 e. The van der Waals surface area contributed by atoms with Crippen LogP contribution in [0.2, 0.25) is 0 Å². The third kappa shape index (κ3) is 2.69. The van der Waals surface area contributed by atoms with Crippen molar-refractivity contribution in [1.29, 1.82) is 0 Å². The zero-order valence-corrected chi connectivity index (χ0v) is 10.5. The van der Waals surface area contributed by atoms with Gasteiger partial charge in [-0.3, -0.25) is 0 Å². The molecule has 0 fully saturated rings. The van der Waals surface area contributed by atoms with Crippen LogP contribution < -0.4 is 10.5 Å². The number of nitrogens with two attached hydrogens (primary N) is 1. The third-order valence-electron chi connectivity index (χ3n) is 2.59. The number of carbonyl (C=O) groups excluding carboxylic acids is 1. The Balaban J connectivity index is 2.34. The van der Waals surface area contributed by atoms with E-state index >= 15 is 0 Å². The molecule has 0 aliphatic carbocycles. The molecule has 0 saturated carbocycles. The van der Waals surface area contributed by atoms with Crippen LogP contribution in [0.25, 0.3) is 0 Å². The van der Waals surface area contributed by atoms with E-state index in [2.05, 4.69) is 4.74 Å². The molecule has 0 spiro atoms. The molecule has 2 aromatic carbocycles. The van der Waals surface area contributed by atoms with Crippen molar-refractivity contribution in [3.63, 3.8) is 0 Å². The van der Waals surface area contributed by atoms with Gasteiger partial charge < -0.3 is 15.2 Å². The summed E-state index contributed by atoms with van der Waals surface area (Å²) >= 11 is 0. The van der Waals surface area contributed by atoms with Gasteiger partial charge in [0, 0.05) is 6.07 Å². The van der Waals surface area contributed by atoms with Crippen LogP contribution in [0.5, 0.6) is 11.5 Å². The molecule has 0 aliphatic heterocycles. The van der Waals surface area contributed by atoms with Gasteiger partial charge in [0.15, 0.2) is 17.4 Å². The van der Waals surface area contributed by atoms with Crippen molar-refractivity contribution >= 4 is 11.7 Å². The number of esters is 1. The largest absolute Gasteiger partial charge is 0.465 e. The van der Waals surface area contributed by atoms with E-state index in [-0.39, 0.29) is 22.7 Å². The van der Waals surface area contributed by atoms with Crippen LogP contribution in [0.1, 0.15) is 10.4 Å². The molecule has 0 unspecified atom stereocenters. The molecule has 0 aliphatic rings. The normalized spacial score (nSPS) is 10.2. The van der Waals surface area contributed by atoms with Crippen LogP contribution in [-0.4, -0.2) is 13.1 Å².